The fourth-order valence-electron chi connectivity index (χ4n) is 3.79. The molecule has 5 heteroatoms. The van der Waals surface area contributed by atoms with Gasteiger partial charge in [-0.1, -0.05) is 30.3 Å². The Morgan fingerprint density at radius 3 is 2.61 bits per heavy atom. The minimum Gasteiger partial charge on any atom is -0.435 e. The summed E-state index contributed by atoms with van der Waals surface area (Å²) < 4.78 is -0.406. The second-order valence-electron chi connectivity index (χ2n) is 6.53. The van der Waals surface area contributed by atoms with E-state index in [0.717, 1.165) is 25.7 Å². The van der Waals surface area contributed by atoms with Crippen LogP contribution in [0.1, 0.15) is 38.2 Å². The zero-order valence-corrected chi connectivity index (χ0v) is 14.5. The largest absolute Gasteiger partial charge is 0.521 e. The van der Waals surface area contributed by atoms with Crippen molar-refractivity contribution in [2.45, 2.75) is 45.1 Å². The van der Waals surface area contributed by atoms with Gasteiger partial charge in [-0.15, -0.1) is 0 Å². The summed E-state index contributed by atoms with van der Waals surface area (Å²) in [6.45, 7) is 2.32. The minimum absolute atomic E-state index is 0.151. The number of amides is 2. The number of thiol groups is 1. The molecule has 23 heavy (non-hydrogen) atoms. The van der Waals surface area contributed by atoms with Crippen molar-refractivity contribution in [3.8, 4) is 0 Å². The second-order valence-corrected chi connectivity index (χ2v) is 6.98. The van der Waals surface area contributed by atoms with Crippen molar-refractivity contribution >= 4 is 24.6 Å². The van der Waals surface area contributed by atoms with E-state index in [-0.39, 0.29) is 18.4 Å². The van der Waals surface area contributed by atoms with E-state index in [0.29, 0.717) is 18.2 Å². The molecule has 1 aliphatic rings. The Hall–Kier alpha value is -1.33. The maximum Gasteiger partial charge on any atom is 0.521 e. The van der Waals surface area contributed by atoms with Gasteiger partial charge in [0.05, 0.1) is 13.0 Å². The van der Waals surface area contributed by atoms with E-state index in [1.54, 1.807) is 0 Å². The van der Waals surface area contributed by atoms with E-state index in [9.17, 15) is 14.7 Å². The molecule has 0 bridgehead atoms. The Morgan fingerprint density at radius 2 is 2.00 bits per heavy atom. The Bertz CT molecular complexity index is 548. The standard InChI is InChI=1S/C18H25NO3S/c1-14-12-16(9-5-8-15-6-3-2-4-7-15)13-19(14,18(21)22)17(20)10-11-23/h2-4,6-7,14,16H,5,8-13H2,1H3,(H-,21,22,23)/p+1/t14?,16-,19?/m0/s1. The number of benzene rings is 1. The van der Waals surface area contributed by atoms with Gasteiger partial charge in [-0.25, -0.2) is 4.79 Å². The molecule has 1 heterocycles. The predicted octanol–water partition coefficient (Wildman–Crippen LogP) is 3.76. The third-order valence-corrected chi connectivity index (χ3v) is 5.23. The lowest BCUT2D eigenvalue weighted by atomic mass is 9.97. The van der Waals surface area contributed by atoms with Crippen LogP contribution in [0.5, 0.6) is 0 Å². The summed E-state index contributed by atoms with van der Waals surface area (Å²) in [6.07, 6.45) is 3.02. The molecule has 0 saturated carbocycles. The highest BCUT2D eigenvalue weighted by Gasteiger charge is 2.55. The summed E-state index contributed by atoms with van der Waals surface area (Å²) in [6, 6.07) is 10.2. The van der Waals surface area contributed by atoms with Gasteiger partial charge >= 0.3 is 12.0 Å². The summed E-state index contributed by atoms with van der Waals surface area (Å²) in [5.41, 5.74) is 1.31. The van der Waals surface area contributed by atoms with Crippen LogP contribution >= 0.6 is 12.6 Å². The zero-order chi connectivity index (χ0) is 16.9. The Labute approximate surface area is 143 Å². The number of carbonyl (C=O) groups is 2. The molecule has 3 atom stereocenters. The quantitative estimate of drug-likeness (QED) is 0.614. The second kappa shape index (κ2) is 7.97. The Kier molecular flexibility index (Phi) is 6.25. The third kappa shape index (κ3) is 3.96. The van der Waals surface area contributed by atoms with Gasteiger partial charge in [0.2, 0.25) is 0 Å². The van der Waals surface area contributed by atoms with Crippen LogP contribution in [0.2, 0.25) is 0 Å². The molecule has 1 saturated heterocycles. The number of quaternary nitrogens is 1. The number of carboxylic acid groups (broad SMARTS) is 1. The lowest BCUT2D eigenvalue weighted by Crippen LogP contribution is -2.58. The lowest BCUT2D eigenvalue weighted by molar-refractivity contribution is -0.794. The highest BCUT2D eigenvalue weighted by Crippen LogP contribution is 2.35. The molecule has 1 N–H and O–H groups in total. The number of aryl methyl sites for hydroxylation is 1. The van der Waals surface area contributed by atoms with E-state index >= 15 is 0 Å². The topological polar surface area (TPSA) is 54.4 Å². The average molecular weight is 336 g/mol. The maximum absolute atomic E-state index is 12.4. The summed E-state index contributed by atoms with van der Waals surface area (Å²) in [7, 11) is 0. The molecule has 2 amide bonds. The molecule has 126 valence electrons. The Balaban J connectivity index is 1.96. The molecule has 0 aliphatic carbocycles. The SMILES string of the molecule is CC1C[C@H](CCCc2ccccc2)C[N+]1(C(=O)O)C(=O)CCS. The van der Waals surface area contributed by atoms with Crippen molar-refractivity contribution in [2.75, 3.05) is 12.3 Å². The van der Waals surface area contributed by atoms with Crippen molar-refractivity contribution in [3.05, 3.63) is 35.9 Å². The first-order valence-electron chi connectivity index (χ1n) is 8.30. The van der Waals surface area contributed by atoms with Crippen molar-refractivity contribution < 1.29 is 19.2 Å². The minimum atomic E-state index is -1.00. The number of likely N-dealkylation sites (tertiary alicyclic amines) is 1. The van der Waals surface area contributed by atoms with Crippen LogP contribution < -0.4 is 0 Å². The first-order chi connectivity index (χ1) is 11.0. The van der Waals surface area contributed by atoms with Crippen LogP contribution in [0.15, 0.2) is 30.3 Å². The maximum atomic E-state index is 12.4. The van der Waals surface area contributed by atoms with Gasteiger partial charge in [-0.2, -0.15) is 21.9 Å². The number of imide groups is 1. The summed E-state index contributed by atoms with van der Waals surface area (Å²) >= 11 is 4.08. The molecule has 1 aromatic carbocycles. The number of carbonyl (C=O) groups excluding carboxylic acids is 1. The van der Waals surface area contributed by atoms with Gasteiger partial charge in [0.25, 0.3) is 0 Å². The van der Waals surface area contributed by atoms with Crippen LogP contribution in [0, 0.1) is 5.92 Å². The summed E-state index contributed by atoms with van der Waals surface area (Å²) in [5.74, 6) is 0.497. The van der Waals surface area contributed by atoms with Crippen molar-refractivity contribution in [2.24, 2.45) is 5.92 Å². The molecule has 0 aromatic heterocycles. The normalized spacial score (nSPS) is 27.0. The van der Waals surface area contributed by atoms with Crippen LogP contribution in [0.3, 0.4) is 0 Å². The molecule has 0 spiro atoms. The van der Waals surface area contributed by atoms with Crippen LogP contribution in [0.25, 0.3) is 0 Å². The van der Waals surface area contributed by atoms with Crippen molar-refractivity contribution in [1.29, 1.82) is 0 Å². The van der Waals surface area contributed by atoms with Gasteiger partial charge in [-0.05, 0) is 31.7 Å². The Morgan fingerprint density at radius 1 is 1.30 bits per heavy atom. The zero-order valence-electron chi connectivity index (χ0n) is 13.6. The fourth-order valence-corrected chi connectivity index (χ4v) is 3.98. The average Bonchev–Trinajstić information content (AvgIpc) is 2.86. The molecular weight excluding hydrogens is 310 g/mol. The van der Waals surface area contributed by atoms with Gasteiger partial charge in [-0.3, -0.25) is 0 Å². The molecule has 1 aliphatic heterocycles. The molecule has 1 fully saturated rings. The van der Waals surface area contributed by atoms with Crippen LogP contribution in [0.4, 0.5) is 4.79 Å². The van der Waals surface area contributed by atoms with Gasteiger partial charge in [0.15, 0.2) is 0 Å². The first-order valence-corrected chi connectivity index (χ1v) is 8.93. The molecule has 0 radical (unpaired) electrons. The number of hydrogen-bond acceptors (Lipinski definition) is 3. The van der Waals surface area contributed by atoms with E-state index in [2.05, 4.69) is 24.8 Å². The molecule has 1 aromatic rings. The van der Waals surface area contributed by atoms with Gasteiger partial charge < -0.3 is 5.11 Å². The third-order valence-electron chi connectivity index (χ3n) is 5.01. The van der Waals surface area contributed by atoms with Gasteiger partial charge in [0.1, 0.15) is 6.04 Å². The summed E-state index contributed by atoms with van der Waals surface area (Å²) in [5, 5.41) is 9.68. The van der Waals surface area contributed by atoms with E-state index in [1.807, 2.05) is 25.1 Å². The summed E-state index contributed by atoms with van der Waals surface area (Å²) in [4.78, 5) is 24.2. The first kappa shape index (κ1) is 18.0. The number of hydrogen-bond donors (Lipinski definition) is 2. The fraction of sp³-hybridized carbons (Fsp3) is 0.556. The highest BCUT2D eigenvalue weighted by molar-refractivity contribution is 7.80. The van der Waals surface area contributed by atoms with Gasteiger partial charge in [0, 0.05) is 18.1 Å². The number of nitrogens with zero attached hydrogens (tertiary/aromatic N) is 1. The monoisotopic (exact) mass is 336 g/mol. The highest BCUT2D eigenvalue weighted by atomic mass is 32.1. The lowest BCUT2D eigenvalue weighted by Gasteiger charge is -2.29. The van der Waals surface area contributed by atoms with Crippen molar-refractivity contribution in [3.63, 3.8) is 0 Å². The van der Waals surface area contributed by atoms with Crippen molar-refractivity contribution in [1.82, 2.24) is 0 Å². The van der Waals surface area contributed by atoms with Crippen LogP contribution in [-0.4, -0.2) is 39.9 Å². The van der Waals surface area contributed by atoms with Crippen LogP contribution in [-0.2, 0) is 11.2 Å². The van der Waals surface area contributed by atoms with E-state index in [1.165, 1.54) is 5.56 Å². The molecule has 2 unspecified atom stereocenters. The smallest absolute Gasteiger partial charge is 0.435 e. The van der Waals surface area contributed by atoms with E-state index in [4.69, 9.17) is 0 Å². The predicted molar refractivity (Wildman–Crippen MR) is 93.6 cm³/mol. The molecular formula is C18H26NO3S+. The van der Waals surface area contributed by atoms with E-state index < -0.39 is 10.6 Å². The molecule has 2 rings (SSSR count). The number of rotatable bonds is 6. The molecule has 4 nitrogen and oxygen atoms in total.